The fraction of sp³-hybridized carbons (Fsp3) is 0.231. The Bertz CT molecular complexity index is 580. The Kier molecular flexibility index (Phi) is 4.16. The van der Waals surface area contributed by atoms with Gasteiger partial charge in [-0.2, -0.15) is 5.10 Å². The number of halogens is 2. The molecule has 0 radical (unpaired) electrons. The van der Waals surface area contributed by atoms with Crippen molar-refractivity contribution in [3.05, 3.63) is 52.6 Å². The largest absolute Gasteiger partial charge is 0.346 e. The Labute approximate surface area is 115 Å². The van der Waals surface area contributed by atoms with E-state index in [0.29, 0.717) is 22.8 Å². The zero-order valence-corrected chi connectivity index (χ0v) is 11.1. The highest BCUT2D eigenvalue weighted by Gasteiger charge is 2.09. The molecule has 100 valence electrons. The quantitative estimate of drug-likeness (QED) is 0.936. The summed E-state index contributed by atoms with van der Waals surface area (Å²) in [5, 5.41) is 7.42. The van der Waals surface area contributed by atoms with E-state index in [1.165, 1.54) is 24.3 Å². The number of rotatable bonds is 4. The monoisotopic (exact) mass is 281 g/mol. The Hall–Kier alpha value is -1.88. The third-order valence-corrected chi connectivity index (χ3v) is 2.95. The number of nitrogens with zero attached hydrogens (tertiary/aromatic N) is 2. The molecule has 1 N–H and O–H groups in total. The van der Waals surface area contributed by atoms with Crippen LogP contribution in [0.25, 0.3) is 0 Å². The number of hydrogen-bond donors (Lipinski definition) is 1. The molecule has 0 saturated carbocycles. The van der Waals surface area contributed by atoms with E-state index in [9.17, 15) is 9.18 Å². The van der Waals surface area contributed by atoms with Gasteiger partial charge in [0.2, 0.25) is 0 Å². The van der Waals surface area contributed by atoms with Crippen molar-refractivity contribution in [3.8, 4) is 0 Å². The molecule has 1 heterocycles. The van der Waals surface area contributed by atoms with Crippen molar-refractivity contribution in [3.63, 3.8) is 0 Å². The Morgan fingerprint density at radius 2 is 2.11 bits per heavy atom. The van der Waals surface area contributed by atoms with Gasteiger partial charge in [0.15, 0.2) is 0 Å². The molecule has 1 aromatic carbocycles. The lowest BCUT2D eigenvalue weighted by molar-refractivity contribution is 0.0950. The van der Waals surface area contributed by atoms with Crippen LogP contribution >= 0.6 is 11.6 Å². The third kappa shape index (κ3) is 3.32. The zero-order valence-electron chi connectivity index (χ0n) is 10.4. The third-order valence-electron chi connectivity index (χ3n) is 2.63. The van der Waals surface area contributed by atoms with Crippen molar-refractivity contribution in [2.24, 2.45) is 0 Å². The van der Waals surface area contributed by atoms with Crippen molar-refractivity contribution in [1.29, 1.82) is 0 Å². The fourth-order valence-corrected chi connectivity index (χ4v) is 1.80. The maximum Gasteiger partial charge on any atom is 0.251 e. The van der Waals surface area contributed by atoms with E-state index in [4.69, 9.17) is 11.6 Å². The van der Waals surface area contributed by atoms with Gasteiger partial charge in [-0.25, -0.2) is 4.39 Å². The SMILES string of the molecule is CCn1cc(Cl)c(CNC(=O)c2ccc(F)cc2)n1. The van der Waals surface area contributed by atoms with Crippen molar-refractivity contribution in [2.75, 3.05) is 0 Å². The second-order valence-corrected chi connectivity index (χ2v) is 4.38. The highest BCUT2D eigenvalue weighted by Crippen LogP contribution is 2.13. The summed E-state index contributed by atoms with van der Waals surface area (Å²) in [4.78, 5) is 11.8. The van der Waals surface area contributed by atoms with Crippen LogP contribution in [0.2, 0.25) is 5.02 Å². The molecule has 2 aromatic rings. The van der Waals surface area contributed by atoms with Crippen molar-refractivity contribution in [2.45, 2.75) is 20.0 Å². The van der Waals surface area contributed by atoms with E-state index in [1.807, 2.05) is 6.92 Å². The first-order chi connectivity index (χ1) is 9.10. The number of hydrogen-bond acceptors (Lipinski definition) is 2. The number of carbonyl (C=O) groups excluding carboxylic acids is 1. The van der Waals surface area contributed by atoms with Crippen molar-refractivity contribution >= 4 is 17.5 Å². The van der Waals surface area contributed by atoms with Crippen LogP contribution < -0.4 is 5.32 Å². The molecule has 19 heavy (non-hydrogen) atoms. The molecule has 1 amide bonds. The zero-order chi connectivity index (χ0) is 13.8. The molecule has 0 aliphatic rings. The second kappa shape index (κ2) is 5.84. The first kappa shape index (κ1) is 13.5. The lowest BCUT2D eigenvalue weighted by atomic mass is 10.2. The highest BCUT2D eigenvalue weighted by molar-refractivity contribution is 6.31. The molecule has 4 nitrogen and oxygen atoms in total. The summed E-state index contributed by atoms with van der Waals surface area (Å²) in [7, 11) is 0. The number of benzene rings is 1. The topological polar surface area (TPSA) is 46.9 Å². The molecule has 0 aliphatic heterocycles. The van der Waals surface area contributed by atoms with Crippen LogP contribution in [0, 0.1) is 5.82 Å². The molecular weight excluding hydrogens is 269 g/mol. The van der Waals surface area contributed by atoms with E-state index in [2.05, 4.69) is 10.4 Å². The molecule has 6 heteroatoms. The summed E-state index contributed by atoms with van der Waals surface area (Å²) in [6, 6.07) is 5.34. The number of aromatic nitrogens is 2. The van der Waals surface area contributed by atoms with Crippen molar-refractivity contribution in [1.82, 2.24) is 15.1 Å². The van der Waals surface area contributed by atoms with Gasteiger partial charge in [-0.15, -0.1) is 0 Å². The van der Waals surface area contributed by atoms with E-state index < -0.39 is 0 Å². The first-order valence-corrected chi connectivity index (χ1v) is 6.23. The normalized spacial score (nSPS) is 10.5. The predicted molar refractivity (Wildman–Crippen MR) is 70.5 cm³/mol. The maximum atomic E-state index is 12.7. The smallest absolute Gasteiger partial charge is 0.251 e. The second-order valence-electron chi connectivity index (χ2n) is 3.97. The maximum absolute atomic E-state index is 12.7. The lowest BCUT2D eigenvalue weighted by Gasteiger charge is -2.03. The van der Waals surface area contributed by atoms with Gasteiger partial charge in [0, 0.05) is 18.3 Å². The predicted octanol–water partition coefficient (Wildman–Crippen LogP) is 2.63. The standard InChI is InChI=1S/C13H13ClFN3O/c1-2-18-8-11(14)12(17-18)7-16-13(19)9-3-5-10(15)6-4-9/h3-6,8H,2,7H2,1H3,(H,16,19). The summed E-state index contributed by atoms with van der Waals surface area (Å²) < 4.78 is 14.4. The minimum Gasteiger partial charge on any atom is -0.346 e. The number of nitrogens with one attached hydrogen (secondary N) is 1. The molecule has 2 rings (SSSR count). The van der Waals surface area contributed by atoms with Crippen molar-refractivity contribution < 1.29 is 9.18 Å². The summed E-state index contributed by atoms with van der Waals surface area (Å²) in [5.74, 6) is -0.664. The minimum atomic E-state index is -0.374. The number of amides is 1. The van der Waals surface area contributed by atoms with Crippen LogP contribution in [-0.2, 0) is 13.1 Å². The number of aryl methyl sites for hydroxylation is 1. The molecule has 0 aliphatic carbocycles. The van der Waals surface area contributed by atoms with Gasteiger partial charge < -0.3 is 5.32 Å². The average molecular weight is 282 g/mol. The van der Waals surface area contributed by atoms with Crippen LogP contribution in [0.3, 0.4) is 0 Å². The van der Waals surface area contributed by atoms with Gasteiger partial charge in [-0.3, -0.25) is 9.48 Å². The van der Waals surface area contributed by atoms with Crippen LogP contribution in [0.5, 0.6) is 0 Å². The van der Waals surface area contributed by atoms with Crippen LogP contribution in [0.4, 0.5) is 4.39 Å². The molecule has 0 unspecified atom stereocenters. The fourth-order valence-electron chi connectivity index (χ4n) is 1.59. The Balaban J connectivity index is 2.00. The van der Waals surface area contributed by atoms with Crippen LogP contribution in [0.1, 0.15) is 23.0 Å². The summed E-state index contributed by atoms with van der Waals surface area (Å²) >= 11 is 5.99. The first-order valence-electron chi connectivity index (χ1n) is 5.85. The van der Waals surface area contributed by atoms with Gasteiger partial charge in [0.05, 0.1) is 11.6 Å². The summed E-state index contributed by atoms with van der Waals surface area (Å²) in [6.45, 7) is 2.90. The minimum absolute atomic E-state index is 0.238. The van der Waals surface area contributed by atoms with E-state index >= 15 is 0 Å². The summed E-state index contributed by atoms with van der Waals surface area (Å²) in [6.07, 6.45) is 1.71. The lowest BCUT2D eigenvalue weighted by Crippen LogP contribution is -2.23. The van der Waals surface area contributed by atoms with Gasteiger partial charge in [-0.05, 0) is 31.2 Å². The molecular formula is C13H13ClFN3O. The molecule has 1 aromatic heterocycles. The molecule has 0 spiro atoms. The van der Waals surface area contributed by atoms with Crippen LogP contribution in [-0.4, -0.2) is 15.7 Å². The van der Waals surface area contributed by atoms with Gasteiger partial charge in [0.25, 0.3) is 5.91 Å². The van der Waals surface area contributed by atoms with Gasteiger partial charge >= 0.3 is 0 Å². The van der Waals surface area contributed by atoms with Gasteiger partial charge in [-0.1, -0.05) is 11.6 Å². The number of carbonyl (C=O) groups is 1. The Morgan fingerprint density at radius 1 is 1.42 bits per heavy atom. The average Bonchev–Trinajstić information content (AvgIpc) is 2.77. The van der Waals surface area contributed by atoms with Crippen LogP contribution in [0.15, 0.2) is 30.5 Å². The van der Waals surface area contributed by atoms with Gasteiger partial charge in [0.1, 0.15) is 11.5 Å². The molecule has 0 bridgehead atoms. The van der Waals surface area contributed by atoms with E-state index in [-0.39, 0.29) is 18.3 Å². The summed E-state index contributed by atoms with van der Waals surface area (Å²) in [5.41, 5.74) is 1.01. The Morgan fingerprint density at radius 3 is 2.68 bits per heavy atom. The molecule has 0 fully saturated rings. The molecule has 0 atom stereocenters. The highest BCUT2D eigenvalue weighted by atomic mass is 35.5. The van der Waals surface area contributed by atoms with E-state index in [1.54, 1.807) is 10.9 Å². The molecule has 0 saturated heterocycles. The van der Waals surface area contributed by atoms with E-state index in [0.717, 1.165) is 0 Å².